The third-order valence-corrected chi connectivity index (χ3v) is 4.86. The lowest BCUT2D eigenvalue weighted by Crippen LogP contribution is -2.34. The number of rotatable bonds is 7. The van der Waals surface area contributed by atoms with Crippen molar-refractivity contribution in [2.24, 2.45) is 10.9 Å². The van der Waals surface area contributed by atoms with Crippen LogP contribution >= 0.6 is 0 Å². The van der Waals surface area contributed by atoms with Crippen molar-refractivity contribution >= 4 is 5.90 Å². The summed E-state index contributed by atoms with van der Waals surface area (Å²) in [7, 11) is 0. The van der Waals surface area contributed by atoms with Crippen LogP contribution in [-0.4, -0.2) is 28.2 Å². The number of H-pyrrole nitrogens is 1. The monoisotopic (exact) mass is 381 g/mol. The van der Waals surface area contributed by atoms with E-state index < -0.39 is 0 Å². The molecule has 28 heavy (non-hydrogen) atoms. The standard InChI is InChI=1S/C21H23N3O4/c1-13(7-8-22-14(2)26-17-4-5-17)16-9-18(10-16)27-21-6-3-15(12-23-21)19-11-20(25)24-28-19/h3,6-8,11-12,16-18H,1,4-5,9-10H2,2H3,(H,24,25)/b8-7-,22-14?. The van der Waals surface area contributed by atoms with Crippen LogP contribution in [0.25, 0.3) is 11.3 Å². The fourth-order valence-electron chi connectivity index (χ4n) is 2.99. The molecule has 0 atom stereocenters. The summed E-state index contributed by atoms with van der Waals surface area (Å²) in [5, 5.41) is 2.26. The molecule has 1 N–H and O–H groups in total. The highest BCUT2D eigenvalue weighted by molar-refractivity contribution is 5.74. The summed E-state index contributed by atoms with van der Waals surface area (Å²) in [6.07, 6.45) is 9.90. The first-order valence-electron chi connectivity index (χ1n) is 9.45. The van der Waals surface area contributed by atoms with E-state index in [1.165, 1.54) is 6.07 Å². The zero-order valence-corrected chi connectivity index (χ0v) is 15.8. The van der Waals surface area contributed by atoms with Gasteiger partial charge in [0.1, 0.15) is 12.2 Å². The molecule has 0 bridgehead atoms. The summed E-state index contributed by atoms with van der Waals surface area (Å²) in [6.45, 7) is 6.00. The predicted octanol–water partition coefficient (Wildman–Crippen LogP) is 3.85. The molecule has 4 rings (SSSR count). The van der Waals surface area contributed by atoms with Crippen LogP contribution in [0.2, 0.25) is 0 Å². The SMILES string of the molecule is C=C(/C=C\N=C(C)OC1CC1)C1CC(Oc2ccc(-c3cc(=O)[nH]o3)cn2)C1. The molecule has 146 valence electrons. The lowest BCUT2D eigenvalue weighted by Gasteiger charge is -2.35. The molecular formula is C21H23N3O4. The minimum absolute atomic E-state index is 0.127. The smallest absolute Gasteiger partial charge is 0.280 e. The number of aromatic nitrogens is 2. The summed E-state index contributed by atoms with van der Waals surface area (Å²) in [5.74, 6) is 2.12. The minimum Gasteiger partial charge on any atom is -0.478 e. The van der Waals surface area contributed by atoms with Gasteiger partial charge in [0.2, 0.25) is 5.88 Å². The molecular weight excluding hydrogens is 358 g/mol. The maximum absolute atomic E-state index is 11.1. The largest absolute Gasteiger partial charge is 0.478 e. The fraction of sp³-hybridized carbons (Fsp3) is 0.381. The van der Waals surface area contributed by atoms with Gasteiger partial charge in [-0.3, -0.25) is 4.79 Å². The van der Waals surface area contributed by atoms with Gasteiger partial charge in [0, 0.05) is 31.0 Å². The van der Waals surface area contributed by atoms with E-state index in [2.05, 4.69) is 21.7 Å². The number of aromatic amines is 1. The van der Waals surface area contributed by atoms with Crippen molar-refractivity contribution in [2.75, 3.05) is 0 Å². The van der Waals surface area contributed by atoms with Crippen LogP contribution < -0.4 is 10.3 Å². The van der Waals surface area contributed by atoms with Gasteiger partial charge in [-0.2, -0.15) is 5.16 Å². The Bertz CT molecular complexity index is 945. The van der Waals surface area contributed by atoms with Gasteiger partial charge >= 0.3 is 0 Å². The quantitative estimate of drug-likeness (QED) is 0.447. The number of nitrogens with one attached hydrogen (secondary N) is 1. The third kappa shape index (κ3) is 4.60. The summed E-state index contributed by atoms with van der Waals surface area (Å²) >= 11 is 0. The number of nitrogens with zero attached hydrogens (tertiary/aromatic N) is 2. The topological polar surface area (TPSA) is 89.7 Å². The van der Waals surface area contributed by atoms with Crippen LogP contribution in [0.3, 0.4) is 0 Å². The maximum Gasteiger partial charge on any atom is 0.280 e. The fourth-order valence-corrected chi connectivity index (χ4v) is 2.99. The van der Waals surface area contributed by atoms with Gasteiger partial charge in [-0.15, -0.1) is 0 Å². The van der Waals surface area contributed by atoms with Crippen molar-refractivity contribution in [1.29, 1.82) is 0 Å². The Morgan fingerprint density at radius 2 is 2.18 bits per heavy atom. The summed E-state index contributed by atoms with van der Waals surface area (Å²) in [5.41, 5.74) is 1.49. The Kier molecular flexibility index (Phi) is 5.14. The van der Waals surface area contributed by atoms with Gasteiger partial charge < -0.3 is 14.0 Å². The average Bonchev–Trinajstić information content (AvgIpc) is 3.35. The summed E-state index contributed by atoms with van der Waals surface area (Å²) in [6, 6.07) is 4.98. The number of hydrogen-bond donors (Lipinski definition) is 1. The van der Waals surface area contributed by atoms with Crippen LogP contribution in [0.1, 0.15) is 32.6 Å². The summed E-state index contributed by atoms with van der Waals surface area (Å²) in [4.78, 5) is 19.7. The van der Waals surface area contributed by atoms with Gasteiger partial charge in [-0.1, -0.05) is 12.2 Å². The molecule has 0 spiro atoms. The van der Waals surface area contributed by atoms with Gasteiger partial charge in [0.05, 0.1) is 6.07 Å². The van der Waals surface area contributed by atoms with Crippen molar-refractivity contribution in [3.63, 3.8) is 0 Å². The Morgan fingerprint density at radius 3 is 2.82 bits per heavy atom. The van der Waals surface area contributed by atoms with Gasteiger partial charge in [0.25, 0.3) is 5.56 Å². The molecule has 2 heterocycles. The Morgan fingerprint density at radius 1 is 1.36 bits per heavy atom. The molecule has 0 aliphatic heterocycles. The van der Waals surface area contributed by atoms with Crippen LogP contribution in [0, 0.1) is 5.92 Å². The molecule has 0 radical (unpaired) electrons. The third-order valence-electron chi connectivity index (χ3n) is 4.86. The van der Waals surface area contributed by atoms with E-state index in [1.54, 1.807) is 18.5 Å². The molecule has 2 saturated carbocycles. The van der Waals surface area contributed by atoms with Crippen molar-refractivity contribution in [1.82, 2.24) is 10.1 Å². The van der Waals surface area contributed by atoms with E-state index >= 15 is 0 Å². The van der Waals surface area contributed by atoms with E-state index in [0.717, 1.165) is 36.8 Å². The first kappa shape index (κ1) is 18.3. The van der Waals surface area contributed by atoms with E-state index in [1.807, 2.05) is 19.1 Å². The highest BCUT2D eigenvalue weighted by Crippen LogP contribution is 2.36. The summed E-state index contributed by atoms with van der Waals surface area (Å²) < 4.78 is 16.5. The lowest BCUT2D eigenvalue weighted by molar-refractivity contribution is 0.0784. The van der Waals surface area contributed by atoms with Crippen molar-refractivity contribution in [2.45, 2.75) is 44.8 Å². The zero-order valence-electron chi connectivity index (χ0n) is 15.8. The number of ether oxygens (including phenoxy) is 2. The second kappa shape index (κ2) is 7.88. The molecule has 0 aromatic carbocycles. The molecule has 2 aliphatic rings. The normalized spacial score (nSPS) is 22.1. The molecule has 7 heteroatoms. The van der Waals surface area contributed by atoms with E-state index in [4.69, 9.17) is 14.0 Å². The minimum atomic E-state index is -0.276. The average molecular weight is 381 g/mol. The van der Waals surface area contributed by atoms with E-state index in [9.17, 15) is 4.79 Å². The second-order valence-corrected chi connectivity index (χ2v) is 7.23. The number of allylic oxidation sites excluding steroid dienone is 2. The lowest BCUT2D eigenvalue weighted by atomic mass is 9.77. The second-order valence-electron chi connectivity index (χ2n) is 7.23. The zero-order chi connectivity index (χ0) is 19.5. The Balaban J connectivity index is 1.22. The Labute approximate surface area is 162 Å². The molecule has 2 fully saturated rings. The first-order valence-corrected chi connectivity index (χ1v) is 9.45. The highest BCUT2D eigenvalue weighted by Gasteiger charge is 2.32. The molecule has 2 aromatic heterocycles. The highest BCUT2D eigenvalue weighted by atomic mass is 16.5. The van der Waals surface area contributed by atoms with Gasteiger partial charge in [-0.25, -0.2) is 9.98 Å². The van der Waals surface area contributed by atoms with Crippen molar-refractivity contribution in [3.8, 4) is 17.2 Å². The number of pyridine rings is 1. The molecule has 0 amide bonds. The molecule has 2 aliphatic carbocycles. The molecule has 0 unspecified atom stereocenters. The van der Waals surface area contributed by atoms with Crippen LogP contribution in [-0.2, 0) is 4.74 Å². The molecule has 0 saturated heterocycles. The number of hydrogen-bond acceptors (Lipinski definition) is 6. The van der Waals surface area contributed by atoms with Crippen molar-refractivity contribution in [3.05, 3.63) is 59.2 Å². The predicted molar refractivity (Wildman–Crippen MR) is 105 cm³/mol. The molecule has 2 aromatic rings. The van der Waals surface area contributed by atoms with Crippen LogP contribution in [0.4, 0.5) is 0 Å². The number of aliphatic imine (C=N–C) groups is 1. The maximum atomic E-state index is 11.1. The van der Waals surface area contributed by atoms with Gasteiger partial charge in [-0.05, 0) is 43.7 Å². The van der Waals surface area contributed by atoms with Crippen LogP contribution in [0.15, 0.2) is 63.1 Å². The molecule has 7 nitrogen and oxygen atoms in total. The van der Waals surface area contributed by atoms with Gasteiger partial charge in [0.15, 0.2) is 11.7 Å². The first-order chi connectivity index (χ1) is 13.6. The van der Waals surface area contributed by atoms with Crippen LogP contribution in [0.5, 0.6) is 5.88 Å². The van der Waals surface area contributed by atoms with E-state index in [0.29, 0.717) is 29.6 Å². The van der Waals surface area contributed by atoms with Crippen molar-refractivity contribution < 1.29 is 14.0 Å². The Hall–Kier alpha value is -3.09. The van der Waals surface area contributed by atoms with E-state index in [-0.39, 0.29) is 11.7 Å².